The smallest absolute Gasteiger partial charge is 0.0540 e. The van der Waals surface area contributed by atoms with Gasteiger partial charge in [0, 0.05) is 22.4 Å². The Morgan fingerprint density at radius 1 is 0.455 bits per heavy atom. The highest BCUT2D eigenvalue weighted by Gasteiger charge is 2.36. The van der Waals surface area contributed by atoms with E-state index in [4.69, 9.17) is 0 Å². The molecular weight excluding hydrogens is 530 g/mol. The summed E-state index contributed by atoms with van der Waals surface area (Å²) in [7, 11) is 0. The van der Waals surface area contributed by atoms with Gasteiger partial charge in [-0.25, -0.2) is 0 Å². The molecular formula is C43H37N. The molecule has 0 radical (unpaired) electrons. The lowest BCUT2D eigenvalue weighted by molar-refractivity contribution is 0.660. The van der Waals surface area contributed by atoms with Gasteiger partial charge >= 0.3 is 0 Å². The zero-order valence-corrected chi connectivity index (χ0v) is 25.6. The quantitative estimate of drug-likeness (QED) is 0.205. The van der Waals surface area contributed by atoms with Gasteiger partial charge in [-0.1, -0.05) is 129 Å². The van der Waals surface area contributed by atoms with Gasteiger partial charge in [0.1, 0.15) is 0 Å². The van der Waals surface area contributed by atoms with Crippen LogP contribution >= 0.6 is 0 Å². The molecule has 1 heteroatoms. The summed E-state index contributed by atoms with van der Waals surface area (Å²) >= 11 is 0. The molecule has 0 fully saturated rings. The summed E-state index contributed by atoms with van der Waals surface area (Å²) in [6, 6.07) is 52.4. The van der Waals surface area contributed by atoms with E-state index in [1.165, 1.54) is 72.7 Å². The maximum atomic E-state index is 2.55. The predicted molar refractivity (Wildman–Crippen MR) is 185 cm³/mol. The molecule has 0 aliphatic heterocycles. The molecule has 214 valence electrons. The van der Waals surface area contributed by atoms with Gasteiger partial charge in [0.05, 0.1) is 5.69 Å². The molecule has 0 saturated carbocycles. The Kier molecular flexibility index (Phi) is 6.49. The number of benzene rings is 6. The van der Waals surface area contributed by atoms with Gasteiger partial charge in [-0.15, -0.1) is 0 Å². The minimum atomic E-state index is -0.0694. The summed E-state index contributed by atoms with van der Waals surface area (Å²) in [4.78, 5) is 2.55. The number of aryl methyl sites for hydroxylation is 4. The maximum Gasteiger partial charge on any atom is 0.0540 e. The number of para-hydroxylation sites is 1. The third-order valence-corrected chi connectivity index (χ3v) is 9.85. The van der Waals surface area contributed by atoms with Crippen molar-refractivity contribution in [2.45, 2.75) is 44.9 Å². The third-order valence-electron chi connectivity index (χ3n) is 9.85. The van der Waals surface area contributed by atoms with Crippen LogP contribution in [0.4, 0.5) is 17.1 Å². The van der Waals surface area contributed by atoms with Crippen LogP contribution in [0, 0.1) is 0 Å². The molecule has 0 aromatic heterocycles. The Labute approximate surface area is 261 Å². The van der Waals surface area contributed by atoms with E-state index < -0.39 is 0 Å². The molecule has 44 heavy (non-hydrogen) atoms. The van der Waals surface area contributed by atoms with Crippen molar-refractivity contribution >= 4 is 17.1 Å². The normalized spacial score (nSPS) is 14.4. The van der Waals surface area contributed by atoms with Gasteiger partial charge in [-0.05, 0) is 100 Å². The third kappa shape index (κ3) is 4.55. The number of hydrogen-bond acceptors (Lipinski definition) is 1. The number of hydrogen-bond donors (Lipinski definition) is 0. The van der Waals surface area contributed by atoms with Crippen LogP contribution in [-0.4, -0.2) is 0 Å². The molecule has 0 atom stereocenters. The van der Waals surface area contributed by atoms with E-state index >= 15 is 0 Å². The number of nitrogens with zero attached hydrogens (tertiary/aromatic N) is 1. The Morgan fingerprint density at radius 2 is 1.07 bits per heavy atom. The first-order chi connectivity index (χ1) is 21.6. The second-order valence-electron chi connectivity index (χ2n) is 12.9. The Hall–Kier alpha value is -4.88. The van der Waals surface area contributed by atoms with Crippen molar-refractivity contribution in [3.8, 4) is 22.3 Å². The van der Waals surface area contributed by atoms with Gasteiger partial charge in [-0.3, -0.25) is 0 Å². The number of anilines is 3. The highest BCUT2D eigenvalue weighted by Crippen LogP contribution is 2.51. The minimum absolute atomic E-state index is 0.0694. The molecule has 0 heterocycles. The number of rotatable bonds is 4. The SMILES string of the molecule is CC1(C)c2ccccc2-c2ccc(N(c3cc4ccc3CCc3ccc(cc3)CC4)c3ccccc3-c3ccccc3)cc21. The second-order valence-corrected chi connectivity index (χ2v) is 12.9. The summed E-state index contributed by atoms with van der Waals surface area (Å²) in [5.74, 6) is 0. The van der Waals surface area contributed by atoms with Gasteiger partial charge in [0.2, 0.25) is 0 Å². The monoisotopic (exact) mass is 567 g/mol. The van der Waals surface area contributed by atoms with E-state index in [0.717, 1.165) is 25.7 Å². The Bertz CT molecular complexity index is 1980. The van der Waals surface area contributed by atoms with E-state index in [1.54, 1.807) is 0 Å². The predicted octanol–water partition coefficient (Wildman–Crippen LogP) is 11.0. The van der Waals surface area contributed by atoms with Gasteiger partial charge in [0.15, 0.2) is 0 Å². The van der Waals surface area contributed by atoms with Crippen molar-refractivity contribution in [1.82, 2.24) is 0 Å². The van der Waals surface area contributed by atoms with Crippen LogP contribution in [0.15, 0.2) is 140 Å². The van der Waals surface area contributed by atoms with E-state index in [-0.39, 0.29) is 5.41 Å². The Morgan fingerprint density at radius 3 is 1.86 bits per heavy atom. The molecule has 1 nitrogen and oxygen atoms in total. The van der Waals surface area contributed by atoms with E-state index in [1.807, 2.05) is 0 Å². The molecule has 11 rings (SSSR count). The van der Waals surface area contributed by atoms with Gasteiger partial charge in [-0.2, -0.15) is 0 Å². The summed E-state index contributed by atoms with van der Waals surface area (Å²) in [6.45, 7) is 4.75. The average molecular weight is 568 g/mol. The second kappa shape index (κ2) is 10.7. The first-order valence-corrected chi connectivity index (χ1v) is 15.9. The fourth-order valence-corrected chi connectivity index (χ4v) is 7.39. The average Bonchev–Trinajstić information content (AvgIpc) is 3.29. The fourth-order valence-electron chi connectivity index (χ4n) is 7.39. The summed E-state index contributed by atoms with van der Waals surface area (Å²) in [5.41, 5.74) is 17.2. The van der Waals surface area contributed by atoms with Crippen LogP contribution in [0.25, 0.3) is 22.3 Å². The molecule has 5 aliphatic rings. The lowest BCUT2D eigenvalue weighted by Crippen LogP contribution is -2.18. The van der Waals surface area contributed by atoms with Crippen molar-refractivity contribution in [3.05, 3.63) is 173 Å². The summed E-state index contributed by atoms with van der Waals surface area (Å²) in [6.07, 6.45) is 4.08. The first kappa shape index (κ1) is 26.7. The van der Waals surface area contributed by atoms with Crippen LogP contribution in [-0.2, 0) is 31.1 Å². The highest BCUT2D eigenvalue weighted by molar-refractivity contribution is 5.91. The zero-order valence-electron chi connectivity index (χ0n) is 25.6. The topological polar surface area (TPSA) is 3.24 Å². The maximum absolute atomic E-state index is 2.55. The summed E-state index contributed by atoms with van der Waals surface area (Å²) in [5, 5.41) is 0. The van der Waals surface area contributed by atoms with Crippen LogP contribution < -0.4 is 4.90 Å². The standard InChI is InChI=1S/C43H37N/c1-43(2)39-14-8-6-13-37(39)38-27-26-35(29-40(38)43)44(41-15-9-7-12-36(41)33-10-4-3-5-11-33)42-28-32-21-20-30-16-18-31(19-17-30)22-24-34(42)25-23-32/h3-19,23,25-29H,20-22,24H2,1-2H3. The molecule has 0 saturated heterocycles. The van der Waals surface area contributed by atoms with Crippen LogP contribution in [0.3, 0.4) is 0 Å². The van der Waals surface area contributed by atoms with Crippen LogP contribution in [0.2, 0.25) is 0 Å². The van der Waals surface area contributed by atoms with E-state index in [2.05, 4.69) is 158 Å². The van der Waals surface area contributed by atoms with Crippen molar-refractivity contribution in [1.29, 1.82) is 0 Å². The lowest BCUT2D eigenvalue weighted by Gasteiger charge is -2.32. The summed E-state index contributed by atoms with van der Waals surface area (Å²) < 4.78 is 0. The van der Waals surface area contributed by atoms with E-state index in [0.29, 0.717) is 0 Å². The molecule has 0 unspecified atom stereocenters. The molecule has 6 aromatic rings. The van der Waals surface area contributed by atoms with E-state index in [9.17, 15) is 0 Å². The largest absolute Gasteiger partial charge is 0.310 e. The first-order valence-electron chi connectivity index (χ1n) is 15.9. The van der Waals surface area contributed by atoms with Crippen molar-refractivity contribution in [2.75, 3.05) is 4.90 Å². The highest BCUT2D eigenvalue weighted by atomic mass is 15.1. The molecule has 0 N–H and O–H groups in total. The molecule has 5 aliphatic carbocycles. The van der Waals surface area contributed by atoms with Gasteiger partial charge in [0.25, 0.3) is 0 Å². The minimum Gasteiger partial charge on any atom is -0.310 e. The molecule has 4 bridgehead atoms. The van der Waals surface area contributed by atoms with Crippen molar-refractivity contribution in [3.63, 3.8) is 0 Å². The molecule has 0 spiro atoms. The van der Waals surface area contributed by atoms with Crippen molar-refractivity contribution in [2.24, 2.45) is 0 Å². The van der Waals surface area contributed by atoms with Crippen LogP contribution in [0.1, 0.15) is 47.2 Å². The Balaban J connectivity index is 1.35. The molecule has 6 aromatic carbocycles. The lowest BCUT2D eigenvalue weighted by atomic mass is 9.82. The van der Waals surface area contributed by atoms with Crippen molar-refractivity contribution < 1.29 is 0 Å². The van der Waals surface area contributed by atoms with Gasteiger partial charge < -0.3 is 4.90 Å². The number of fused-ring (bicyclic) bond motifs is 3. The molecule has 0 amide bonds. The fraction of sp³-hybridized carbons (Fsp3) is 0.163. The van der Waals surface area contributed by atoms with Crippen LogP contribution in [0.5, 0.6) is 0 Å². The zero-order chi connectivity index (χ0) is 29.7.